The Labute approximate surface area is 206 Å². The number of rotatable bonds is 5. The quantitative estimate of drug-likeness (QED) is 0.491. The van der Waals surface area contributed by atoms with Crippen LogP contribution in [-0.4, -0.2) is 40.9 Å². The number of fused-ring (bicyclic) bond motifs is 1. The highest BCUT2D eigenvalue weighted by atomic mass is 79.9. The number of nitrogens with zero attached hydrogens (tertiary/aromatic N) is 1. The van der Waals surface area contributed by atoms with E-state index in [4.69, 9.17) is 9.47 Å². The highest BCUT2D eigenvalue weighted by molar-refractivity contribution is 9.10. The second-order valence-electron chi connectivity index (χ2n) is 9.01. The number of aliphatic hydroxyl groups is 2. The molecule has 0 aliphatic carbocycles. The summed E-state index contributed by atoms with van der Waals surface area (Å²) in [5, 5.41) is 22.2. The number of piperidine rings is 1. The van der Waals surface area contributed by atoms with Gasteiger partial charge in [0.25, 0.3) is 0 Å². The maximum absolute atomic E-state index is 13.3. The standard InChI is InChI=1S/C27H27BrFNO4/c28-20-5-1-18(2-6-20)16-33-22-9-10-23-25(15-22)34-17-24(26(23)31)30-13-11-27(32,12-14-30)19-3-7-21(29)8-4-19/h1-10,15,24,26,31-32H,11-14,16-17H2/t24-,26+/m1/s1. The van der Waals surface area contributed by atoms with Gasteiger partial charge in [0.15, 0.2) is 0 Å². The number of halogens is 2. The van der Waals surface area contributed by atoms with Gasteiger partial charge in [-0.2, -0.15) is 0 Å². The summed E-state index contributed by atoms with van der Waals surface area (Å²) in [7, 11) is 0. The SMILES string of the molecule is O[C@H]1c2ccc(OCc3ccc(Br)cc3)cc2OC[C@H]1N1CCC(O)(c2ccc(F)cc2)CC1. The second kappa shape index (κ2) is 9.66. The summed E-state index contributed by atoms with van der Waals surface area (Å²) in [5.74, 6) is 1.01. The van der Waals surface area contributed by atoms with Crippen LogP contribution in [0, 0.1) is 5.82 Å². The van der Waals surface area contributed by atoms with E-state index >= 15 is 0 Å². The van der Waals surface area contributed by atoms with E-state index in [1.165, 1.54) is 12.1 Å². The molecule has 1 fully saturated rings. The Morgan fingerprint density at radius 1 is 1.03 bits per heavy atom. The molecule has 34 heavy (non-hydrogen) atoms. The van der Waals surface area contributed by atoms with E-state index in [0.29, 0.717) is 50.6 Å². The van der Waals surface area contributed by atoms with Crippen molar-refractivity contribution in [3.63, 3.8) is 0 Å². The van der Waals surface area contributed by atoms with Gasteiger partial charge in [0, 0.05) is 29.2 Å². The van der Waals surface area contributed by atoms with Crippen LogP contribution in [0.4, 0.5) is 4.39 Å². The molecule has 0 spiro atoms. The minimum atomic E-state index is -0.982. The third-order valence-corrected chi connectivity index (χ3v) is 7.40. The van der Waals surface area contributed by atoms with Gasteiger partial charge in [0.2, 0.25) is 0 Å². The molecule has 0 radical (unpaired) electrons. The molecule has 178 valence electrons. The molecule has 5 nitrogen and oxygen atoms in total. The largest absolute Gasteiger partial charge is 0.491 e. The fourth-order valence-electron chi connectivity index (χ4n) is 4.77. The Morgan fingerprint density at radius 2 is 1.74 bits per heavy atom. The van der Waals surface area contributed by atoms with Crippen molar-refractivity contribution < 1.29 is 24.1 Å². The molecule has 7 heteroatoms. The number of aliphatic hydroxyl groups excluding tert-OH is 1. The normalized spacial score (nSPS) is 22.0. The van der Waals surface area contributed by atoms with Crippen LogP contribution in [0.3, 0.4) is 0 Å². The highest BCUT2D eigenvalue weighted by Crippen LogP contribution is 2.40. The summed E-state index contributed by atoms with van der Waals surface area (Å²) in [4.78, 5) is 2.17. The summed E-state index contributed by atoms with van der Waals surface area (Å²) in [6, 6.07) is 19.4. The maximum atomic E-state index is 13.3. The molecule has 0 aromatic heterocycles. The lowest BCUT2D eigenvalue weighted by Crippen LogP contribution is -2.52. The topological polar surface area (TPSA) is 62.2 Å². The van der Waals surface area contributed by atoms with Crippen molar-refractivity contribution in [3.8, 4) is 11.5 Å². The zero-order valence-electron chi connectivity index (χ0n) is 18.7. The monoisotopic (exact) mass is 527 g/mol. The molecule has 2 N–H and O–H groups in total. The molecule has 2 aliphatic heterocycles. The van der Waals surface area contributed by atoms with Crippen molar-refractivity contribution in [2.75, 3.05) is 19.7 Å². The number of benzene rings is 3. The molecule has 2 atom stereocenters. The Hall–Kier alpha value is -2.45. The molecule has 0 unspecified atom stereocenters. The average Bonchev–Trinajstić information content (AvgIpc) is 2.85. The van der Waals surface area contributed by atoms with E-state index in [9.17, 15) is 14.6 Å². The molecule has 1 saturated heterocycles. The van der Waals surface area contributed by atoms with Gasteiger partial charge in [-0.15, -0.1) is 0 Å². The number of hydrogen-bond acceptors (Lipinski definition) is 5. The molecule has 3 aromatic carbocycles. The molecular weight excluding hydrogens is 501 g/mol. The smallest absolute Gasteiger partial charge is 0.128 e. The van der Waals surface area contributed by atoms with Crippen LogP contribution in [0.5, 0.6) is 11.5 Å². The lowest BCUT2D eigenvalue weighted by Gasteiger charge is -2.44. The zero-order chi connectivity index (χ0) is 23.7. The van der Waals surface area contributed by atoms with Crippen LogP contribution in [-0.2, 0) is 12.2 Å². The zero-order valence-corrected chi connectivity index (χ0v) is 20.2. The van der Waals surface area contributed by atoms with Crippen LogP contribution in [0.25, 0.3) is 0 Å². The minimum absolute atomic E-state index is 0.195. The van der Waals surface area contributed by atoms with Gasteiger partial charge in [-0.25, -0.2) is 4.39 Å². The van der Waals surface area contributed by atoms with Crippen molar-refractivity contribution in [2.24, 2.45) is 0 Å². The molecule has 5 rings (SSSR count). The van der Waals surface area contributed by atoms with E-state index < -0.39 is 11.7 Å². The summed E-state index contributed by atoms with van der Waals surface area (Å²) < 4.78 is 26.2. The number of ether oxygens (including phenoxy) is 2. The fraction of sp³-hybridized carbons (Fsp3) is 0.333. The average molecular weight is 528 g/mol. The van der Waals surface area contributed by atoms with Crippen LogP contribution < -0.4 is 9.47 Å². The number of likely N-dealkylation sites (tertiary alicyclic amines) is 1. The van der Waals surface area contributed by atoms with E-state index in [1.807, 2.05) is 42.5 Å². The Morgan fingerprint density at radius 3 is 2.44 bits per heavy atom. The van der Waals surface area contributed by atoms with E-state index in [2.05, 4.69) is 20.8 Å². The van der Waals surface area contributed by atoms with Gasteiger partial charge in [-0.05, 0) is 60.4 Å². The summed E-state index contributed by atoms with van der Waals surface area (Å²) in [6.45, 7) is 2.03. The van der Waals surface area contributed by atoms with Gasteiger partial charge in [0.05, 0.1) is 11.6 Å². The van der Waals surface area contributed by atoms with Gasteiger partial charge in [-0.1, -0.05) is 40.2 Å². The van der Waals surface area contributed by atoms with Crippen molar-refractivity contribution in [2.45, 2.75) is 37.2 Å². The molecule has 2 aliphatic rings. The summed E-state index contributed by atoms with van der Waals surface area (Å²) in [5.41, 5.74) is 1.55. The first-order valence-electron chi connectivity index (χ1n) is 11.5. The van der Waals surface area contributed by atoms with E-state index in [-0.39, 0.29) is 11.9 Å². The molecule has 0 amide bonds. The minimum Gasteiger partial charge on any atom is -0.491 e. The van der Waals surface area contributed by atoms with Gasteiger partial charge < -0.3 is 19.7 Å². The Bertz CT molecular complexity index is 1130. The highest BCUT2D eigenvalue weighted by Gasteiger charge is 2.40. The predicted molar refractivity (Wildman–Crippen MR) is 130 cm³/mol. The van der Waals surface area contributed by atoms with Crippen molar-refractivity contribution in [1.29, 1.82) is 0 Å². The molecule has 0 saturated carbocycles. The summed E-state index contributed by atoms with van der Waals surface area (Å²) in [6.07, 6.45) is 0.330. The lowest BCUT2D eigenvalue weighted by atomic mass is 9.83. The van der Waals surface area contributed by atoms with Crippen LogP contribution in [0.2, 0.25) is 0 Å². The Balaban J connectivity index is 1.21. The van der Waals surface area contributed by atoms with Gasteiger partial charge in [-0.3, -0.25) is 4.90 Å². The van der Waals surface area contributed by atoms with Crippen molar-refractivity contribution >= 4 is 15.9 Å². The maximum Gasteiger partial charge on any atom is 0.128 e. The Kier molecular flexibility index (Phi) is 6.62. The summed E-state index contributed by atoms with van der Waals surface area (Å²) >= 11 is 3.43. The lowest BCUT2D eigenvalue weighted by molar-refractivity contribution is -0.0665. The fourth-order valence-corrected chi connectivity index (χ4v) is 5.04. The van der Waals surface area contributed by atoms with E-state index in [0.717, 1.165) is 21.2 Å². The third kappa shape index (κ3) is 4.84. The van der Waals surface area contributed by atoms with Crippen molar-refractivity contribution in [3.05, 3.63) is 93.7 Å². The van der Waals surface area contributed by atoms with Gasteiger partial charge in [0.1, 0.15) is 36.6 Å². The molecule has 0 bridgehead atoms. The first-order valence-corrected chi connectivity index (χ1v) is 12.3. The van der Waals surface area contributed by atoms with Crippen molar-refractivity contribution in [1.82, 2.24) is 4.90 Å². The molecule has 2 heterocycles. The van der Waals surface area contributed by atoms with E-state index in [1.54, 1.807) is 12.1 Å². The number of hydrogen-bond donors (Lipinski definition) is 2. The van der Waals surface area contributed by atoms with Crippen LogP contribution in [0.15, 0.2) is 71.2 Å². The second-order valence-corrected chi connectivity index (χ2v) is 9.93. The van der Waals surface area contributed by atoms with Crippen LogP contribution in [0.1, 0.15) is 35.6 Å². The van der Waals surface area contributed by atoms with Crippen LogP contribution >= 0.6 is 15.9 Å². The first kappa shape index (κ1) is 23.3. The molecular formula is C27H27BrFNO4. The third-order valence-electron chi connectivity index (χ3n) is 6.87. The first-order chi connectivity index (χ1) is 16.4. The molecule has 3 aromatic rings. The van der Waals surface area contributed by atoms with Gasteiger partial charge >= 0.3 is 0 Å². The predicted octanol–water partition coefficient (Wildman–Crippen LogP) is 4.95.